The minimum Gasteiger partial charge on any atom is -0.348 e. The molecular formula is C23H25N3OS. The maximum Gasteiger partial charge on any atom is 0.263 e. The molecule has 0 spiro atoms. The summed E-state index contributed by atoms with van der Waals surface area (Å²) < 4.78 is 0. The lowest BCUT2D eigenvalue weighted by atomic mass is 10.0. The van der Waals surface area contributed by atoms with Crippen LogP contribution in [-0.2, 0) is 6.54 Å². The third-order valence-corrected chi connectivity index (χ3v) is 6.13. The van der Waals surface area contributed by atoms with Crippen LogP contribution in [0.15, 0.2) is 60.7 Å². The average Bonchev–Trinajstić information content (AvgIpc) is 3.13. The molecule has 0 radical (unpaired) electrons. The topological polar surface area (TPSA) is 45.2 Å². The monoisotopic (exact) mass is 391 g/mol. The van der Waals surface area contributed by atoms with E-state index in [1.807, 2.05) is 37.3 Å². The predicted molar refractivity (Wildman–Crippen MR) is 114 cm³/mol. The van der Waals surface area contributed by atoms with E-state index in [-0.39, 0.29) is 11.9 Å². The molecule has 4 nitrogen and oxygen atoms in total. The highest BCUT2D eigenvalue weighted by Crippen LogP contribution is 2.28. The van der Waals surface area contributed by atoms with Gasteiger partial charge in [0.1, 0.15) is 4.88 Å². The van der Waals surface area contributed by atoms with Crippen LogP contribution in [0.25, 0.3) is 11.3 Å². The Bertz CT molecular complexity index is 916. The fraction of sp³-hybridized carbons (Fsp3) is 0.304. The van der Waals surface area contributed by atoms with Crippen molar-refractivity contribution < 1.29 is 4.79 Å². The number of hydrogen-bond donors (Lipinski definition) is 1. The van der Waals surface area contributed by atoms with E-state index in [0.29, 0.717) is 0 Å². The van der Waals surface area contributed by atoms with Gasteiger partial charge in [-0.3, -0.25) is 9.69 Å². The number of benzene rings is 2. The van der Waals surface area contributed by atoms with Gasteiger partial charge in [0, 0.05) is 31.2 Å². The Labute approximate surface area is 170 Å². The number of amides is 1. The highest BCUT2D eigenvalue weighted by molar-refractivity contribution is 7.14. The van der Waals surface area contributed by atoms with Gasteiger partial charge in [-0.1, -0.05) is 60.7 Å². The molecule has 2 aromatic carbocycles. The van der Waals surface area contributed by atoms with Crippen molar-refractivity contribution in [3.8, 4) is 11.3 Å². The van der Waals surface area contributed by atoms with Crippen molar-refractivity contribution in [1.29, 1.82) is 0 Å². The number of carbonyl (C=O) groups is 1. The highest BCUT2D eigenvalue weighted by Gasteiger charge is 2.24. The second-order valence-corrected chi connectivity index (χ2v) is 8.49. The maximum absolute atomic E-state index is 12.9. The molecule has 1 amide bonds. The van der Waals surface area contributed by atoms with Crippen molar-refractivity contribution in [3.05, 3.63) is 76.1 Å². The number of aryl methyl sites for hydroxylation is 1. The van der Waals surface area contributed by atoms with E-state index in [0.717, 1.165) is 53.6 Å². The maximum atomic E-state index is 12.9. The van der Waals surface area contributed by atoms with Gasteiger partial charge < -0.3 is 5.32 Å². The average molecular weight is 392 g/mol. The molecule has 1 aromatic heterocycles. The number of rotatable bonds is 5. The number of carbonyl (C=O) groups excluding carboxylic acids is 1. The van der Waals surface area contributed by atoms with Crippen molar-refractivity contribution in [1.82, 2.24) is 15.2 Å². The Hall–Kier alpha value is -2.50. The van der Waals surface area contributed by atoms with E-state index in [9.17, 15) is 4.79 Å². The minimum absolute atomic E-state index is 0.00552. The molecule has 2 heterocycles. The first-order valence-corrected chi connectivity index (χ1v) is 10.6. The first kappa shape index (κ1) is 18.8. The summed E-state index contributed by atoms with van der Waals surface area (Å²) in [6.07, 6.45) is 1.97. The quantitative estimate of drug-likeness (QED) is 0.696. The fourth-order valence-corrected chi connectivity index (χ4v) is 4.54. The number of thiazole rings is 1. The summed E-state index contributed by atoms with van der Waals surface area (Å²) in [6.45, 7) is 4.95. The van der Waals surface area contributed by atoms with Gasteiger partial charge in [-0.15, -0.1) is 11.3 Å². The van der Waals surface area contributed by atoms with Crippen molar-refractivity contribution in [2.45, 2.75) is 32.4 Å². The number of nitrogens with one attached hydrogen (secondary N) is 1. The molecule has 4 rings (SSSR count). The van der Waals surface area contributed by atoms with Gasteiger partial charge in [-0.25, -0.2) is 4.98 Å². The fourth-order valence-electron chi connectivity index (χ4n) is 3.70. The Morgan fingerprint density at radius 1 is 1.07 bits per heavy atom. The van der Waals surface area contributed by atoms with Gasteiger partial charge in [0.2, 0.25) is 0 Å². The smallest absolute Gasteiger partial charge is 0.263 e. The molecule has 3 aromatic rings. The van der Waals surface area contributed by atoms with Crippen molar-refractivity contribution in [2.24, 2.45) is 0 Å². The summed E-state index contributed by atoms with van der Waals surface area (Å²) in [6, 6.07) is 20.7. The second kappa shape index (κ2) is 8.67. The van der Waals surface area contributed by atoms with Crippen LogP contribution >= 0.6 is 11.3 Å². The molecule has 1 N–H and O–H groups in total. The first-order valence-electron chi connectivity index (χ1n) is 9.79. The third-order valence-electron chi connectivity index (χ3n) is 5.16. The molecule has 1 aliphatic heterocycles. The standard InChI is InChI=1S/C23H25N3OS/c1-17-24-21(19-10-6-3-7-11-19)22(28-17)23(27)25-20-12-14-26(15-13-20)16-18-8-4-2-5-9-18/h2-11,20H,12-16H2,1H3,(H,25,27). The van der Waals surface area contributed by atoms with Gasteiger partial charge in [0.25, 0.3) is 5.91 Å². The molecule has 0 atom stereocenters. The van der Waals surface area contributed by atoms with Crippen molar-refractivity contribution >= 4 is 17.2 Å². The van der Waals surface area contributed by atoms with Gasteiger partial charge >= 0.3 is 0 Å². The SMILES string of the molecule is Cc1nc(-c2ccccc2)c(C(=O)NC2CCN(Cc3ccccc3)CC2)s1. The molecule has 0 saturated carbocycles. The Balaban J connectivity index is 1.37. The number of aromatic nitrogens is 1. The first-order chi connectivity index (χ1) is 13.7. The zero-order valence-electron chi connectivity index (χ0n) is 16.1. The molecule has 1 fully saturated rings. The number of nitrogens with zero attached hydrogens (tertiary/aromatic N) is 2. The zero-order chi connectivity index (χ0) is 19.3. The van der Waals surface area contributed by atoms with Gasteiger partial charge in [0.05, 0.1) is 10.7 Å². The lowest BCUT2D eigenvalue weighted by Crippen LogP contribution is -2.44. The number of likely N-dealkylation sites (tertiary alicyclic amines) is 1. The Morgan fingerprint density at radius 3 is 2.39 bits per heavy atom. The van der Waals surface area contributed by atoms with Gasteiger partial charge in [-0.2, -0.15) is 0 Å². The van der Waals surface area contributed by atoms with E-state index in [2.05, 4.69) is 45.5 Å². The van der Waals surface area contributed by atoms with Gasteiger partial charge in [0.15, 0.2) is 0 Å². The van der Waals surface area contributed by atoms with Crippen LogP contribution in [-0.4, -0.2) is 34.9 Å². The van der Waals surface area contributed by atoms with Gasteiger partial charge in [-0.05, 0) is 25.3 Å². The summed E-state index contributed by atoms with van der Waals surface area (Å²) in [5.41, 5.74) is 3.13. The summed E-state index contributed by atoms with van der Waals surface area (Å²) in [5.74, 6) is 0.00552. The van der Waals surface area contributed by atoms with Crippen LogP contribution in [0.1, 0.15) is 33.1 Å². The van der Waals surface area contributed by atoms with E-state index >= 15 is 0 Å². The largest absolute Gasteiger partial charge is 0.348 e. The lowest BCUT2D eigenvalue weighted by molar-refractivity contribution is 0.0913. The van der Waals surface area contributed by atoms with Crippen LogP contribution in [0.2, 0.25) is 0 Å². The Kier molecular flexibility index (Phi) is 5.84. The van der Waals surface area contributed by atoms with E-state index < -0.39 is 0 Å². The molecule has 0 aliphatic carbocycles. The summed E-state index contributed by atoms with van der Waals surface area (Å²) in [4.78, 5) is 20.7. The number of hydrogen-bond acceptors (Lipinski definition) is 4. The summed E-state index contributed by atoms with van der Waals surface area (Å²) in [5, 5.41) is 4.17. The van der Waals surface area contributed by atoms with Crippen LogP contribution < -0.4 is 5.32 Å². The minimum atomic E-state index is 0.00552. The van der Waals surface area contributed by atoms with Crippen molar-refractivity contribution in [2.75, 3.05) is 13.1 Å². The van der Waals surface area contributed by atoms with E-state index in [1.165, 1.54) is 16.9 Å². The molecule has 5 heteroatoms. The van der Waals surface area contributed by atoms with E-state index in [1.54, 1.807) is 0 Å². The predicted octanol–water partition coefficient (Wildman–Crippen LogP) is 4.51. The van der Waals surface area contributed by atoms with Crippen LogP contribution in [0.3, 0.4) is 0 Å². The van der Waals surface area contributed by atoms with Crippen molar-refractivity contribution in [3.63, 3.8) is 0 Å². The molecule has 0 unspecified atom stereocenters. The molecule has 144 valence electrons. The molecule has 1 saturated heterocycles. The normalized spacial score (nSPS) is 15.5. The lowest BCUT2D eigenvalue weighted by Gasteiger charge is -2.32. The number of piperidine rings is 1. The van der Waals surface area contributed by atoms with Crippen LogP contribution in [0.4, 0.5) is 0 Å². The highest BCUT2D eigenvalue weighted by atomic mass is 32.1. The zero-order valence-corrected chi connectivity index (χ0v) is 16.9. The molecule has 28 heavy (non-hydrogen) atoms. The third kappa shape index (κ3) is 4.49. The summed E-state index contributed by atoms with van der Waals surface area (Å²) >= 11 is 1.47. The molecule has 1 aliphatic rings. The van der Waals surface area contributed by atoms with E-state index in [4.69, 9.17) is 0 Å². The summed E-state index contributed by atoms with van der Waals surface area (Å²) in [7, 11) is 0. The van der Waals surface area contributed by atoms with Crippen LogP contribution in [0.5, 0.6) is 0 Å². The van der Waals surface area contributed by atoms with Crippen LogP contribution in [0, 0.1) is 6.92 Å². The Morgan fingerprint density at radius 2 is 1.71 bits per heavy atom. The second-order valence-electron chi connectivity index (χ2n) is 7.29. The molecule has 0 bridgehead atoms. The molecular weight excluding hydrogens is 366 g/mol.